The smallest absolute Gasteiger partial charge is 0.337 e. The Morgan fingerprint density at radius 2 is 2.14 bits per heavy atom. The molecule has 0 fully saturated rings. The maximum absolute atomic E-state index is 10.7. The Labute approximate surface area is 87.3 Å². The summed E-state index contributed by atoms with van der Waals surface area (Å²) in [7, 11) is 0. The van der Waals surface area contributed by atoms with Gasteiger partial charge in [0.25, 0.3) is 0 Å². The Balaban J connectivity index is 2.94. The van der Waals surface area contributed by atoms with E-state index in [4.69, 9.17) is 10.8 Å². The molecule has 0 saturated carbocycles. The third kappa shape index (κ3) is 2.67. The molecule has 1 aromatic rings. The molecule has 0 atom stereocenters. The van der Waals surface area contributed by atoms with Gasteiger partial charge >= 0.3 is 5.97 Å². The van der Waals surface area contributed by atoms with E-state index in [-0.39, 0.29) is 5.56 Å². The molecule has 0 unspecified atom stereocenters. The van der Waals surface area contributed by atoms with Gasteiger partial charge in [0.05, 0.1) is 5.56 Å². The summed E-state index contributed by atoms with van der Waals surface area (Å²) in [5, 5.41) is 9.21. The second kappa shape index (κ2) is 4.37. The third-order valence-electron chi connectivity index (χ3n) is 1.63. The number of hydrogen-bond acceptors (Lipinski definition) is 3. The fraction of sp³-hybridized carbons (Fsp3) is 0.300. The number of rotatable bonds is 3. The van der Waals surface area contributed by atoms with Gasteiger partial charge in [0.15, 0.2) is 0 Å². The predicted octanol–water partition coefficient (Wildman–Crippen LogP) is 2.47. The lowest BCUT2D eigenvalue weighted by Gasteiger charge is -2.07. The van der Waals surface area contributed by atoms with Crippen molar-refractivity contribution >= 4 is 23.4 Å². The van der Waals surface area contributed by atoms with Crippen molar-refractivity contribution in [1.29, 1.82) is 0 Å². The van der Waals surface area contributed by atoms with Crippen molar-refractivity contribution in [3.8, 4) is 0 Å². The van der Waals surface area contributed by atoms with E-state index in [2.05, 4.69) is 13.8 Å². The molecule has 14 heavy (non-hydrogen) atoms. The molecule has 0 aliphatic carbocycles. The van der Waals surface area contributed by atoms with Crippen LogP contribution < -0.4 is 5.73 Å². The lowest BCUT2D eigenvalue weighted by molar-refractivity contribution is 0.0698. The molecule has 76 valence electrons. The van der Waals surface area contributed by atoms with E-state index in [9.17, 15) is 4.79 Å². The number of carbonyl (C=O) groups is 1. The first-order valence-electron chi connectivity index (χ1n) is 4.30. The Hall–Kier alpha value is -1.16. The Morgan fingerprint density at radius 1 is 1.50 bits per heavy atom. The highest BCUT2D eigenvalue weighted by atomic mass is 32.2. The lowest BCUT2D eigenvalue weighted by Crippen LogP contribution is -2.02. The molecular formula is C10H13NO2S. The third-order valence-corrected chi connectivity index (χ3v) is 2.62. The van der Waals surface area contributed by atoms with E-state index < -0.39 is 5.97 Å². The second-order valence-corrected chi connectivity index (χ2v) is 4.87. The predicted molar refractivity (Wildman–Crippen MR) is 58.8 cm³/mol. The van der Waals surface area contributed by atoms with Gasteiger partial charge in [0.2, 0.25) is 0 Å². The largest absolute Gasteiger partial charge is 0.478 e. The maximum Gasteiger partial charge on any atom is 0.337 e. The summed E-state index contributed by atoms with van der Waals surface area (Å²) in [6.45, 7) is 4.15. The molecule has 0 spiro atoms. The van der Waals surface area contributed by atoms with Gasteiger partial charge in [-0.15, -0.1) is 11.8 Å². The van der Waals surface area contributed by atoms with E-state index in [1.807, 2.05) is 0 Å². The van der Waals surface area contributed by atoms with E-state index in [1.54, 1.807) is 30.0 Å². The number of aromatic carboxylic acids is 1. The Kier molecular flexibility index (Phi) is 3.41. The van der Waals surface area contributed by atoms with Crippen molar-refractivity contribution in [3.05, 3.63) is 23.8 Å². The Morgan fingerprint density at radius 3 is 2.57 bits per heavy atom. The molecule has 0 amide bonds. The minimum atomic E-state index is -0.983. The first-order valence-corrected chi connectivity index (χ1v) is 5.18. The summed E-state index contributed by atoms with van der Waals surface area (Å²) in [4.78, 5) is 11.7. The Bertz CT molecular complexity index is 350. The summed E-state index contributed by atoms with van der Waals surface area (Å²) in [6, 6.07) is 5.03. The molecule has 1 rings (SSSR count). The number of carboxylic acids is 1. The number of nitrogens with two attached hydrogens (primary N) is 1. The lowest BCUT2D eigenvalue weighted by atomic mass is 10.2. The number of benzene rings is 1. The van der Waals surface area contributed by atoms with Crippen LogP contribution >= 0.6 is 11.8 Å². The summed E-state index contributed by atoms with van der Waals surface area (Å²) in [5.74, 6) is -0.983. The summed E-state index contributed by atoms with van der Waals surface area (Å²) < 4.78 is 0. The first-order chi connectivity index (χ1) is 6.50. The second-order valence-electron chi connectivity index (χ2n) is 3.22. The molecule has 4 heteroatoms. The normalized spacial score (nSPS) is 10.5. The van der Waals surface area contributed by atoms with Crippen LogP contribution in [0.25, 0.3) is 0 Å². The number of thioether (sulfide) groups is 1. The molecule has 0 radical (unpaired) electrons. The van der Waals surface area contributed by atoms with Gasteiger partial charge in [-0.1, -0.05) is 13.8 Å². The van der Waals surface area contributed by atoms with Crippen molar-refractivity contribution in [2.45, 2.75) is 24.0 Å². The maximum atomic E-state index is 10.7. The summed E-state index contributed by atoms with van der Waals surface area (Å²) in [6.07, 6.45) is 0. The standard InChI is InChI=1S/C10H13NO2S/c1-6(2)14-7-3-4-8(10(12)13)9(11)5-7/h3-6H,11H2,1-2H3,(H,12,13). The van der Waals surface area contributed by atoms with E-state index >= 15 is 0 Å². The van der Waals surface area contributed by atoms with Crippen molar-refractivity contribution in [1.82, 2.24) is 0 Å². The quantitative estimate of drug-likeness (QED) is 0.595. The van der Waals surface area contributed by atoms with Gasteiger partial charge in [0, 0.05) is 15.8 Å². The van der Waals surface area contributed by atoms with Crippen molar-refractivity contribution in [2.75, 3.05) is 5.73 Å². The molecule has 0 aliphatic heterocycles. The van der Waals surface area contributed by atoms with Gasteiger partial charge in [0.1, 0.15) is 0 Å². The van der Waals surface area contributed by atoms with Gasteiger partial charge in [-0.25, -0.2) is 4.79 Å². The molecular weight excluding hydrogens is 198 g/mol. The minimum Gasteiger partial charge on any atom is -0.478 e. The monoisotopic (exact) mass is 211 g/mol. The zero-order valence-electron chi connectivity index (χ0n) is 8.15. The van der Waals surface area contributed by atoms with Crippen LogP contribution in [0.1, 0.15) is 24.2 Å². The molecule has 3 N–H and O–H groups in total. The van der Waals surface area contributed by atoms with Crippen molar-refractivity contribution in [3.63, 3.8) is 0 Å². The van der Waals surface area contributed by atoms with Crippen LogP contribution in [0.5, 0.6) is 0 Å². The molecule has 1 aromatic carbocycles. The van der Waals surface area contributed by atoms with Crippen LogP contribution in [0.15, 0.2) is 23.1 Å². The van der Waals surface area contributed by atoms with Crippen LogP contribution in [-0.4, -0.2) is 16.3 Å². The van der Waals surface area contributed by atoms with Crippen LogP contribution in [0.3, 0.4) is 0 Å². The minimum absolute atomic E-state index is 0.165. The van der Waals surface area contributed by atoms with E-state index in [0.29, 0.717) is 10.9 Å². The molecule has 0 aliphatic rings. The topological polar surface area (TPSA) is 63.3 Å². The SMILES string of the molecule is CC(C)Sc1ccc(C(=O)O)c(N)c1. The molecule has 3 nitrogen and oxygen atoms in total. The van der Waals surface area contributed by atoms with Crippen LogP contribution in [0.4, 0.5) is 5.69 Å². The fourth-order valence-electron chi connectivity index (χ4n) is 1.08. The van der Waals surface area contributed by atoms with Gasteiger partial charge in [-0.2, -0.15) is 0 Å². The van der Waals surface area contributed by atoms with E-state index in [1.165, 1.54) is 0 Å². The average Bonchev–Trinajstić information content (AvgIpc) is 2.01. The van der Waals surface area contributed by atoms with Crippen molar-refractivity contribution < 1.29 is 9.90 Å². The van der Waals surface area contributed by atoms with Gasteiger partial charge in [-0.05, 0) is 18.2 Å². The zero-order valence-corrected chi connectivity index (χ0v) is 8.97. The van der Waals surface area contributed by atoms with Crippen molar-refractivity contribution in [2.24, 2.45) is 0 Å². The summed E-state index contributed by atoms with van der Waals surface area (Å²) in [5.41, 5.74) is 6.09. The first kappa shape index (κ1) is 10.9. The number of anilines is 1. The highest BCUT2D eigenvalue weighted by Gasteiger charge is 2.08. The summed E-state index contributed by atoms with van der Waals surface area (Å²) >= 11 is 1.66. The van der Waals surface area contributed by atoms with Gasteiger partial charge in [-0.3, -0.25) is 0 Å². The average molecular weight is 211 g/mol. The highest BCUT2D eigenvalue weighted by Crippen LogP contribution is 2.26. The molecule has 0 bridgehead atoms. The highest BCUT2D eigenvalue weighted by molar-refractivity contribution is 7.99. The zero-order chi connectivity index (χ0) is 10.7. The number of nitrogen functional groups attached to an aromatic ring is 1. The molecule has 0 saturated heterocycles. The fourth-order valence-corrected chi connectivity index (χ4v) is 1.97. The van der Waals surface area contributed by atoms with Crippen LogP contribution in [-0.2, 0) is 0 Å². The number of carboxylic acid groups (broad SMARTS) is 1. The number of hydrogen-bond donors (Lipinski definition) is 2. The molecule has 0 heterocycles. The van der Waals surface area contributed by atoms with E-state index in [0.717, 1.165) is 4.90 Å². The van der Waals surface area contributed by atoms with Crippen LogP contribution in [0, 0.1) is 0 Å². The molecule has 0 aromatic heterocycles. The van der Waals surface area contributed by atoms with Gasteiger partial charge < -0.3 is 10.8 Å². The van der Waals surface area contributed by atoms with Crippen LogP contribution in [0.2, 0.25) is 0 Å².